The number of aromatic nitrogens is 2. The van der Waals surface area contributed by atoms with Gasteiger partial charge < -0.3 is 0 Å². The van der Waals surface area contributed by atoms with Crippen LogP contribution in [0.3, 0.4) is 0 Å². The topological polar surface area (TPSA) is 17.8 Å². The number of halogens is 4. The molecule has 0 unspecified atom stereocenters. The number of alkyl halides is 3. The molecule has 12 heavy (non-hydrogen) atoms. The molecule has 0 amide bonds. The van der Waals surface area contributed by atoms with Crippen molar-refractivity contribution >= 4 is 22.6 Å². The molecule has 0 bridgehead atoms. The molecule has 2 nitrogen and oxygen atoms in total. The Labute approximate surface area is 80.9 Å². The van der Waals surface area contributed by atoms with E-state index in [2.05, 4.69) is 5.10 Å². The molecule has 0 fully saturated rings. The van der Waals surface area contributed by atoms with E-state index >= 15 is 0 Å². The zero-order valence-corrected chi connectivity index (χ0v) is 8.56. The lowest BCUT2D eigenvalue weighted by Gasteiger charge is -2.01. The Morgan fingerprint density at radius 3 is 2.08 bits per heavy atom. The number of nitrogens with zero attached hydrogens (tertiary/aromatic N) is 2. The average Bonchev–Trinajstić information content (AvgIpc) is 2.15. The number of aryl methyl sites for hydroxylation is 1. The second-order valence-electron chi connectivity index (χ2n) is 2.39. The fourth-order valence-electron chi connectivity index (χ4n) is 0.879. The zero-order valence-electron chi connectivity index (χ0n) is 6.41. The Morgan fingerprint density at radius 2 is 1.92 bits per heavy atom. The van der Waals surface area contributed by atoms with E-state index in [1.54, 1.807) is 0 Å². The fourth-order valence-corrected chi connectivity index (χ4v) is 1.24. The lowest BCUT2D eigenvalue weighted by molar-refractivity contribution is -0.141. The third-order valence-corrected chi connectivity index (χ3v) is 2.97. The summed E-state index contributed by atoms with van der Waals surface area (Å²) in [6.07, 6.45) is -4.34. The standard InChI is InChI=1S/C6H6F3IN2/c1-3-4(6(7,8)9)11-12(2)5(3)10/h1-2H3. The maximum Gasteiger partial charge on any atom is 0.435 e. The molecular weight excluding hydrogens is 284 g/mol. The molecule has 0 N–H and O–H groups in total. The summed E-state index contributed by atoms with van der Waals surface area (Å²) in [5, 5.41) is 3.37. The number of hydrogen-bond donors (Lipinski definition) is 0. The normalized spacial score (nSPS) is 12.2. The summed E-state index contributed by atoms with van der Waals surface area (Å²) < 4.78 is 38.2. The van der Waals surface area contributed by atoms with Crippen molar-refractivity contribution in [1.29, 1.82) is 0 Å². The summed E-state index contributed by atoms with van der Waals surface area (Å²) in [5.74, 6) is 0. The van der Waals surface area contributed by atoms with E-state index in [4.69, 9.17) is 0 Å². The number of hydrogen-bond acceptors (Lipinski definition) is 1. The first-order valence-corrected chi connectivity index (χ1v) is 4.18. The van der Waals surface area contributed by atoms with Crippen LogP contribution in [0.5, 0.6) is 0 Å². The minimum atomic E-state index is -4.34. The van der Waals surface area contributed by atoms with Crippen LogP contribution in [0.2, 0.25) is 0 Å². The third-order valence-electron chi connectivity index (χ3n) is 1.47. The van der Waals surface area contributed by atoms with E-state index in [-0.39, 0.29) is 5.56 Å². The van der Waals surface area contributed by atoms with Gasteiger partial charge in [0.2, 0.25) is 0 Å². The minimum absolute atomic E-state index is 0.186. The highest BCUT2D eigenvalue weighted by atomic mass is 127. The molecule has 1 heterocycles. The molecule has 0 spiro atoms. The van der Waals surface area contributed by atoms with Crippen molar-refractivity contribution in [3.05, 3.63) is 15.0 Å². The van der Waals surface area contributed by atoms with Gasteiger partial charge in [0.15, 0.2) is 5.69 Å². The van der Waals surface area contributed by atoms with Gasteiger partial charge in [-0.2, -0.15) is 18.3 Å². The lowest BCUT2D eigenvalue weighted by Crippen LogP contribution is -2.08. The van der Waals surface area contributed by atoms with Crippen molar-refractivity contribution in [1.82, 2.24) is 9.78 Å². The molecule has 0 saturated heterocycles. The summed E-state index contributed by atoms with van der Waals surface area (Å²) >= 11 is 1.83. The smallest absolute Gasteiger partial charge is 0.262 e. The molecule has 68 valence electrons. The molecule has 0 aliphatic heterocycles. The van der Waals surface area contributed by atoms with Crippen LogP contribution in [0.1, 0.15) is 11.3 Å². The largest absolute Gasteiger partial charge is 0.435 e. The summed E-state index contributed by atoms with van der Waals surface area (Å²) in [6.45, 7) is 1.41. The predicted molar refractivity (Wildman–Crippen MR) is 45.7 cm³/mol. The van der Waals surface area contributed by atoms with Gasteiger partial charge in [-0.25, -0.2) is 0 Å². The van der Waals surface area contributed by atoms with E-state index in [0.717, 1.165) is 0 Å². The van der Waals surface area contributed by atoms with Crippen molar-refractivity contribution < 1.29 is 13.2 Å². The van der Waals surface area contributed by atoms with Gasteiger partial charge >= 0.3 is 6.18 Å². The van der Waals surface area contributed by atoms with Gasteiger partial charge in [0.25, 0.3) is 0 Å². The summed E-state index contributed by atoms with van der Waals surface area (Å²) in [7, 11) is 1.49. The Morgan fingerprint density at radius 1 is 1.42 bits per heavy atom. The van der Waals surface area contributed by atoms with Gasteiger partial charge in [0, 0.05) is 12.6 Å². The molecule has 0 aliphatic carbocycles. The Bertz CT molecular complexity index is 302. The maximum atomic E-state index is 12.2. The van der Waals surface area contributed by atoms with Gasteiger partial charge in [-0.15, -0.1) is 0 Å². The first kappa shape index (κ1) is 9.82. The zero-order chi connectivity index (χ0) is 9.52. The monoisotopic (exact) mass is 290 g/mol. The van der Waals surface area contributed by atoms with Crippen LogP contribution in [0.4, 0.5) is 13.2 Å². The van der Waals surface area contributed by atoms with E-state index in [1.807, 2.05) is 22.6 Å². The Kier molecular flexibility index (Phi) is 2.37. The molecule has 6 heteroatoms. The molecule has 0 aromatic carbocycles. The van der Waals surface area contributed by atoms with E-state index in [0.29, 0.717) is 3.70 Å². The summed E-state index contributed by atoms with van der Waals surface area (Å²) in [4.78, 5) is 0. The first-order valence-electron chi connectivity index (χ1n) is 3.10. The van der Waals surface area contributed by atoms with Gasteiger partial charge in [0.1, 0.15) is 3.70 Å². The Hall–Kier alpha value is -0.270. The average molecular weight is 290 g/mol. The third kappa shape index (κ3) is 1.57. The molecule has 0 aliphatic rings. The fraction of sp³-hybridized carbons (Fsp3) is 0.500. The van der Waals surface area contributed by atoms with Gasteiger partial charge in [0.05, 0.1) is 0 Å². The van der Waals surface area contributed by atoms with Crippen molar-refractivity contribution in [3.8, 4) is 0 Å². The van der Waals surface area contributed by atoms with E-state index in [9.17, 15) is 13.2 Å². The van der Waals surface area contributed by atoms with Gasteiger partial charge in [-0.3, -0.25) is 4.68 Å². The Balaban J connectivity index is 3.28. The van der Waals surface area contributed by atoms with Crippen molar-refractivity contribution in [3.63, 3.8) is 0 Å². The highest BCUT2D eigenvalue weighted by Gasteiger charge is 2.36. The number of rotatable bonds is 0. The van der Waals surface area contributed by atoms with E-state index < -0.39 is 11.9 Å². The van der Waals surface area contributed by atoms with Crippen LogP contribution in [-0.4, -0.2) is 9.78 Å². The molecule has 0 saturated carbocycles. The van der Waals surface area contributed by atoms with Crippen molar-refractivity contribution in [2.24, 2.45) is 7.05 Å². The lowest BCUT2D eigenvalue weighted by atomic mass is 10.3. The highest BCUT2D eigenvalue weighted by molar-refractivity contribution is 14.1. The second kappa shape index (κ2) is 2.90. The minimum Gasteiger partial charge on any atom is -0.262 e. The van der Waals surface area contributed by atoms with Crippen LogP contribution in [0.15, 0.2) is 0 Å². The quantitative estimate of drug-likeness (QED) is 0.671. The molecule has 0 radical (unpaired) electrons. The highest BCUT2D eigenvalue weighted by Crippen LogP contribution is 2.31. The molecule has 1 aromatic heterocycles. The summed E-state index contributed by atoms with van der Waals surface area (Å²) in [5.41, 5.74) is -0.611. The van der Waals surface area contributed by atoms with Crippen LogP contribution >= 0.6 is 22.6 Å². The van der Waals surface area contributed by atoms with E-state index in [1.165, 1.54) is 18.7 Å². The van der Waals surface area contributed by atoms with Crippen LogP contribution < -0.4 is 0 Å². The van der Waals surface area contributed by atoms with Crippen molar-refractivity contribution in [2.45, 2.75) is 13.1 Å². The van der Waals surface area contributed by atoms with Crippen LogP contribution in [-0.2, 0) is 13.2 Å². The maximum absolute atomic E-state index is 12.2. The molecule has 1 aromatic rings. The molecular formula is C6H6F3IN2. The molecule has 1 rings (SSSR count). The summed E-state index contributed by atoms with van der Waals surface area (Å²) in [6, 6.07) is 0. The van der Waals surface area contributed by atoms with Crippen molar-refractivity contribution in [2.75, 3.05) is 0 Å². The predicted octanol–water partition coefficient (Wildman–Crippen LogP) is 2.35. The van der Waals surface area contributed by atoms with Crippen LogP contribution in [0, 0.1) is 10.6 Å². The first-order chi connectivity index (χ1) is 5.34. The van der Waals surface area contributed by atoms with Crippen LogP contribution in [0.25, 0.3) is 0 Å². The SMILES string of the molecule is Cc1c(C(F)(F)F)nn(C)c1I. The van der Waals surface area contributed by atoms with Gasteiger partial charge in [-0.1, -0.05) is 0 Å². The molecule has 0 atom stereocenters. The second-order valence-corrected chi connectivity index (χ2v) is 3.41. The van der Waals surface area contributed by atoms with Gasteiger partial charge in [-0.05, 0) is 29.5 Å².